The van der Waals surface area contributed by atoms with E-state index in [9.17, 15) is 0 Å². The molecule has 0 saturated heterocycles. The molecule has 0 heterocycles. The van der Waals surface area contributed by atoms with Gasteiger partial charge < -0.3 is 19.7 Å². The van der Waals surface area contributed by atoms with Gasteiger partial charge in [0.05, 0.1) is 19.8 Å². The predicted octanol–water partition coefficient (Wildman–Crippen LogP) is 10.2. The fourth-order valence-corrected chi connectivity index (χ4v) is 4.49. The van der Waals surface area contributed by atoms with Gasteiger partial charge in [0.15, 0.2) is 0 Å². The zero-order valence-corrected chi connectivity index (χ0v) is 25.5. The molecule has 0 fully saturated rings. The second kappa shape index (κ2) is 29.4. The summed E-state index contributed by atoms with van der Waals surface area (Å²) in [6.07, 6.45) is 28.1. The van der Waals surface area contributed by atoms with Gasteiger partial charge in [0.25, 0.3) is 5.97 Å². The van der Waals surface area contributed by atoms with Crippen molar-refractivity contribution >= 4 is 0 Å². The largest absolute Gasteiger partial charge is 0.412 e. The van der Waals surface area contributed by atoms with E-state index in [-0.39, 0.29) is 5.48 Å². The third-order valence-electron chi connectivity index (χ3n) is 6.99. The third-order valence-corrected chi connectivity index (χ3v) is 6.99. The van der Waals surface area contributed by atoms with E-state index in [0.29, 0.717) is 5.92 Å². The van der Waals surface area contributed by atoms with E-state index in [1.165, 1.54) is 109 Å². The van der Waals surface area contributed by atoms with Gasteiger partial charge in [-0.3, -0.25) is 0 Å². The van der Waals surface area contributed by atoms with Gasteiger partial charge in [-0.25, -0.2) is 0 Å². The van der Waals surface area contributed by atoms with Crippen LogP contribution in [0, 0.1) is 5.92 Å². The number of hydrogen-bond acceptors (Lipinski definition) is 3. The second-order valence-corrected chi connectivity index (χ2v) is 11.2. The predicted molar refractivity (Wildman–Crippen MR) is 158 cm³/mol. The topological polar surface area (TPSA) is 59.2 Å². The van der Waals surface area contributed by atoms with Crippen molar-refractivity contribution in [3.05, 3.63) is 0 Å². The van der Waals surface area contributed by atoms with Crippen LogP contribution >= 0.6 is 0 Å². The standard InChI is InChI=1S/C32H66O3.H2O/c1-6-9-12-14-15-16-17-18-19-20-21-22-23-27-32(33-28-24-11-8-3,35-30-26-31(4)5)34-29-25-13-10-7-2;/h31H,6-30H2,1-5H3;1H2. The Bertz CT molecular complexity index is 402. The summed E-state index contributed by atoms with van der Waals surface area (Å²) in [6, 6.07) is 0. The number of unbranched alkanes of at least 4 members (excludes halogenated alkanes) is 17. The molecule has 1 atom stereocenters. The normalized spacial score (nSPS) is 13.2. The van der Waals surface area contributed by atoms with Crippen LogP contribution in [0.2, 0.25) is 0 Å². The molecule has 0 amide bonds. The molecule has 0 aromatic carbocycles. The summed E-state index contributed by atoms with van der Waals surface area (Å²) in [7, 11) is 0. The van der Waals surface area contributed by atoms with Gasteiger partial charge in [-0.1, -0.05) is 144 Å². The summed E-state index contributed by atoms with van der Waals surface area (Å²) in [4.78, 5) is 0. The number of rotatable bonds is 29. The van der Waals surface area contributed by atoms with Crippen molar-refractivity contribution in [3.8, 4) is 0 Å². The van der Waals surface area contributed by atoms with E-state index in [2.05, 4.69) is 34.6 Å². The summed E-state index contributed by atoms with van der Waals surface area (Å²) in [5.41, 5.74) is 0. The molecule has 0 aromatic heterocycles. The van der Waals surface area contributed by atoms with Gasteiger partial charge >= 0.3 is 0 Å². The highest BCUT2D eigenvalue weighted by Crippen LogP contribution is 2.26. The molecule has 0 aromatic rings. The van der Waals surface area contributed by atoms with Crippen molar-refractivity contribution < 1.29 is 19.7 Å². The minimum Gasteiger partial charge on any atom is -0.412 e. The maximum absolute atomic E-state index is 6.40. The van der Waals surface area contributed by atoms with Crippen LogP contribution in [0.4, 0.5) is 0 Å². The first kappa shape index (κ1) is 38.0. The highest BCUT2D eigenvalue weighted by Gasteiger charge is 2.33. The minimum atomic E-state index is -0.827. The maximum atomic E-state index is 6.40. The fourth-order valence-electron chi connectivity index (χ4n) is 4.49. The molecule has 0 aliphatic carbocycles. The molecule has 0 bridgehead atoms. The first-order valence-electron chi connectivity index (χ1n) is 16.0. The van der Waals surface area contributed by atoms with Crippen LogP contribution in [-0.4, -0.2) is 31.3 Å². The number of ether oxygens (including phenoxy) is 3. The number of hydrogen-bond donors (Lipinski definition) is 0. The Labute approximate surface area is 227 Å². The Morgan fingerprint density at radius 3 is 1.22 bits per heavy atom. The van der Waals surface area contributed by atoms with Crippen LogP contribution in [0.3, 0.4) is 0 Å². The van der Waals surface area contributed by atoms with E-state index >= 15 is 0 Å². The first-order chi connectivity index (χ1) is 17.1. The van der Waals surface area contributed by atoms with Crippen LogP contribution in [0.1, 0.15) is 176 Å². The van der Waals surface area contributed by atoms with Crippen molar-refractivity contribution in [3.63, 3.8) is 0 Å². The molecule has 2 N–H and O–H groups in total. The van der Waals surface area contributed by atoms with Crippen LogP contribution in [0.15, 0.2) is 0 Å². The van der Waals surface area contributed by atoms with Gasteiger partial charge in [-0.15, -0.1) is 0 Å². The molecule has 0 aliphatic rings. The first-order valence-corrected chi connectivity index (χ1v) is 16.0. The van der Waals surface area contributed by atoms with E-state index < -0.39 is 5.97 Å². The zero-order valence-electron chi connectivity index (χ0n) is 25.5. The quantitative estimate of drug-likeness (QED) is 0.0733. The summed E-state index contributed by atoms with van der Waals surface area (Å²) < 4.78 is 19.2. The van der Waals surface area contributed by atoms with Crippen molar-refractivity contribution in [1.29, 1.82) is 0 Å². The molecular formula is C32H68O4. The highest BCUT2D eigenvalue weighted by atomic mass is 16.9. The molecule has 4 nitrogen and oxygen atoms in total. The van der Waals surface area contributed by atoms with E-state index in [0.717, 1.165) is 51.9 Å². The summed E-state index contributed by atoms with van der Waals surface area (Å²) in [6.45, 7) is 13.5. The van der Waals surface area contributed by atoms with Gasteiger partial charge in [0, 0.05) is 6.42 Å². The zero-order chi connectivity index (χ0) is 25.9. The fraction of sp³-hybridized carbons (Fsp3) is 1.00. The SMILES string of the molecule is CCCCCCCCCCCCCCCC(OCCCCC)(OCCCCCC)OCCC(C)C.O. The van der Waals surface area contributed by atoms with Crippen LogP contribution < -0.4 is 0 Å². The van der Waals surface area contributed by atoms with E-state index in [1.54, 1.807) is 0 Å². The van der Waals surface area contributed by atoms with Gasteiger partial charge in [-0.2, -0.15) is 0 Å². The lowest BCUT2D eigenvalue weighted by atomic mass is 10.0. The average molecular weight is 517 g/mol. The Morgan fingerprint density at radius 2 is 0.778 bits per heavy atom. The van der Waals surface area contributed by atoms with E-state index in [4.69, 9.17) is 14.2 Å². The molecular weight excluding hydrogens is 448 g/mol. The van der Waals surface area contributed by atoms with Crippen molar-refractivity contribution in [1.82, 2.24) is 0 Å². The third kappa shape index (κ3) is 25.5. The minimum absolute atomic E-state index is 0. The molecule has 4 heteroatoms. The summed E-state index contributed by atoms with van der Waals surface area (Å²) >= 11 is 0. The molecule has 1 unspecified atom stereocenters. The lowest BCUT2D eigenvalue weighted by molar-refractivity contribution is -0.384. The van der Waals surface area contributed by atoms with Crippen molar-refractivity contribution in [2.45, 2.75) is 182 Å². The van der Waals surface area contributed by atoms with Gasteiger partial charge in [-0.05, 0) is 31.6 Å². The maximum Gasteiger partial charge on any atom is 0.282 e. The lowest BCUT2D eigenvalue weighted by Gasteiger charge is -2.34. The summed E-state index contributed by atoms with van der Waals surface area (Å²) in [5, 5.41) is 0. The van der Waals surface area contributed by atoms with Crippen LogP contribution in [-0.2, 0) is 14.2 Å². The highest BCUT2D eigenvalue weighted by molar-refractivity contribution is 4.62. The van der Waals surface area contributed by atoms with Gasteiger partial charge in [0.2, 0.25) is 0 Å². The Kier molecular flexibility index (Phi) is 31.0. The molecule has 36 heavy (non-hydrogen) atoms. The Morgan fingerprint density at radius 1 is 0.444 bits per heavy atom. The van der Waals surface area contributed by atoms with Crippen LogP contribution in [0.25, 0.3) is 0 Å². The molecule has 0 aliphatic heterocycles. The lowest BCUT2D eigenvalue weighted by Crippen LogP contribution is -2.40. The molecule has 0 rings (SSSR count). The molecule has 220 valence electrons. The smallest absolute Gasteiger partial charge is 0.282 e. The second-order valence-electron chi connectivity index (χ2n) is 11.2. The summed E-state index contributed by atoms with van der Waals surface area (Å²) in [5.74, 6) is -0.194. The van der Waals surface area contributed by atoms with Gasteiger partial charge in [0.1, 0.15) is 0 Å². The van der Waals surface area contributed by atoms with E-state index in [1.807, 2.05) is 0 Å². The Balaban J connectivity index is 0. The van der Waals surface area contributed by atoms with Crippen molar-refractivity contribution in [2.24, 2.45) is 5.92 Å². The molecule has 0 saturated carbocycles. The van der Waals surface area contributed by atoms with Crippen molar-refractivity contribution in [2.75, 3.05) is 19.8 Å². The average Bonchev–Trinajstić information content (AvgIpc) is 2.84. The van der Waals surface area contributed by atoms with Crippen LogP contribution in [0.5, 0.6) is 0 Å². The molecule has 0 radical (unpaired) electrons. The Hall–Kier alpha value is -0.160. The molecule has 0 spiro atoms. The monoisotopic (exact) mass is 517 g/mol.